The van der Waals surface area contributed by atoms with E-state index in [1.165, 1.54) is 6.07 Å². The number of nitrogens with zero attached hydrogens (tertiary/aromatic N) is 3. The lowest BCUT2D eigenvalue weighted by Gasteiger charge is -2.47. The van der Waals surface area contributed by atoms with Crippen LogP contribution < -0.4 is 4.90 Å². The molecule has 2 aromatic rings. The Morgan fingerprint density at radius 3 is 2.14 bits per heavy atom. The van der Waals surface area contributed by atoms with Crippen molar-refractivity contribution < 1.29 is 17.6 Å². The van der Waals surface area contributed by atoms with Gasteiger partial charge in [0.2, 0.25) is 0 Å². The summed E-state index contributed by atoms with van der Waals surface area (Å²) in [7, 11) is 0. The van der Waals surface area contributed by atoms with Crippen molar-refractivity contribution in [3.05, 3.63) is 65.5 Å². The van der Waals surface area contributed by atoms with Crippen molar-refractivity contribution in [2.24, 2.45) is 17.8 Å². The number of piperidine rings is 1. The second kappa shape index (κ2) is 10.6. The zero-order valence-corrected chi connectivity index (χ0v) is 21.2. The van der Waals surface area contributed by atoms with Gasteiger partial charge in [0.05, 0.1) is 17.9 Å². The number of halogens is 4. The van der Waals surface area contributed by atoms with Crippen LogP contribution in [-0.2, 0) is 11.8 Å². The Morgan fingerprint density at radius 1 is 0.892 bits per heavy atom. The zero-order valence-electron chi connectivity index (χ0n) is 21.2. The minimum Gasteiger partial charge on any atom is -0.371 e. The van der Waals surface area contributed by atoms with Gasteiger partial charge in [-0.05, 0) is 86.0 Å². The van der Waals surface area contributed by atoms with Crippen LogP contribution >= 0.6 is 0 Å². The van der Waals surface area contributed by atoms with Gasteiger partial charge in [0.15, 0.2) is 0 Å². The lowest BCUT2D eigenvalue weighted by molar-refractivity contribution is -0.127. The minimum atomic E-state index is -4.18. The van der Waals surface area contributed by atoms with Crippen LogP contribution in [-0.4, -0.2) is 43.8 Å². The molecule has 7 heteroatoms. The maximum absolute atomic E-state index is 14.2. The fraction of sp³-hybridized carbons (Fsp3) is 0.567. The number of hydrogen-bond donors (Lipinski definition) is 0. The average Bonchev–Trinajstić information content (AvgIpc) is 3.38. The van der Waals surface area contributed by atoms with Gasteiger partial charge in [-0.15, -0.1) is 0 Å². The van der Waals surface area contributed by atoms with Crippen molar-refractivity contribution in [2.75, 3.05) is 37.6 Å². The van der Waals surface area contributed by atoms with Crippen LogP contribution in [0.1, 0.15) is 49.7 Å². The maximum Gasteiger partial charge on any atom is 0.393 e. The predicted molar refractivity (Wildman–Crippen MR) is 137 cm³/mol. The lowest BCUT2D eigenvalue weighted by atomic mass is 9.60. The zero-order chi connectivity index (χ0) is 26.0. The summed E-state index contributed by atoms with van der Waals surface area (Å²) in [5.74, 6) is 0.785. The van der Waals surface area contributed by atoms with E-state index in [4.69, 9.17) is 0 Å². The van der Waals surface area contributed by atoms with Crippen LogP contribution in [0.25, 0.3) is 0 Å². The number of likely N-dealkylation sites (tertiary alicyclic amines) is 1. The molecule has 2 aliphatic heterocycles. The minimum absolute atomic E-state index is 0.228. The first kappa shape index (κ1) is 26.0. The monoisotopic (exact) mass is 513 g/mol. The summed E-state index contributed by atoms with van der Waals surface area (Å²) in [6.07, 6.45) is 1.18. The summed E-state index contributed by atoms with van der Waals surface area (Å²) in [5.41, 5.74) is 1.51. The average molecular weight is 514 g/mol. The SMILES string of the molecule is N#CC(c1cccc(F)c1)(C1CCCC1)C1CCN(CC2CN(c3ccc(CC(F)(F)F)cc3)C2)CC1. The van der Waals surface area contributed by atoms with Crippen LogP contribution in [0.2, 0.25) is 0 Å². The van der Waals surface area contributed by atoms with Crippen LogP contribution in [0, 0.1) is 34.9 Å². The lowest BCUT2D eigenvalue weighted by Crippen LogP contribution is -2.53. The highest BCUT2D eigenvalue weighted by atomic mass is 19.4. The number of anilines is 1. The summed E-state index contributed by atoms with van der Waals surface area (Å²) in [6.45, 7) is 4.70. The van der Waals surface area contributed by atoms with Gasteiger partial charge in [-0.1, -0.05) is 37.1 Å². The highest BCUT2D eigenvalue weighted by molar-refractivity contribution is 5.50. The smallest absolute Gasteiger partial charge is 0.371 e. The Balaban J connectivity index is 1.16. The van der Waals surface area contributed by atoms with Gasteiger partial charge in [0.1, 0.15) is 5.82 Å². The summed E-state index contributed by atoms with van der Waals surface area (Å²) in [4.78, 5) is 4.72. The van der Waals surface area contributed by atoms with Gasteiger partial charge >= 0.3 is 6.18 Å². The van der Waals surface area contributed by atoms with E-state index in [0.29, 0.717) is 17.4 Å². The fourth-order valence-electron chi connectivity index (χ4n) is 7.07. The van der Waals surface area contributed by atoms with E-state index in [9.17, 15) is 22.8 Å². The third-order valence-corrected chi connectivity index (χ3v) is 8.90. The third kappa shape index (κ3) is 5.65. The summed E-state index contributed by atoms with van der Waals surface area (Å²) in [5, 5.41) is 10.6. The van der Waals surface area contributed by atoms with E-state index >= 15 is 0 Å². The van der Waals surface area contributed by atoms with Crippen LogP contribution in [0.4, 0.5) is 23.2 Å². The first-order valence-corrected chi connectivity index (χ1v) is 13.6. The fourth-order valence-corrected chi connectivity index (χ4v) is 7.07. The van der Waals surface area contributed by atoms with Crippen molar-refractivity contribution in [2.45, 2.75) is 56.5 Å². The molecular weight excluding hydrogens is 478 g/mol. The molecule has 0 bridgehead atoms. The van der Waals surface area contributed by atoms with Gasteiger partial charge in [-0.2, -0.15) is 18.4 Å². The maximum atomic E-state index is 14.2. The summed E-state index contributed by atoms with van der Waals surface area (Å²) in [6, 6.07) is 16.2. The van der Waals surface area contributed by atoms with Gasteiger partial charge in [0.25, 0.3) is 0 Å². The first-order valence-electron chi connectivity index (χ1n) is 13.6. The molecule has 2 aromatic carbocycles. The molecular formula is C30H35F4N3. The van der Waals surface area contributed by atoms with Crippen molar-refractivity contribution >= 4 is 5.69 Å². The Kier molecular flexibility index (Phi) is 7.49. The van der Waals surface area contributed by atoms with E-state index in [0.717, 1.165) is 82.5 Å². The van der Waals surface area contributed by atoms with Crippen LogP contribution in [0.5, 0.6) is 0 Å². The molecule has 5 rings (SSSR count). The topological polar surface area (TPSA) is 30.3 Å². The van der Waals surface area contributed by atoms with Crippen molar-refractivity contribution in [3.63, 3.8) is 0 Å². The number of rotatable bonds is 7. The van der Waals surface area contributed by atoms with Crippen molar-refractivity contribution in [1.82, 2.24) is 4.90 Å². The van der Waals surface area contributed by atoms with E-state index in [2.05, 4.69) is 15.9 Å². The van der Waals surface area contributed by atoms with Gasteiger partial charge in [-0.25, -0.2) is 4.39 Å². The Hall–Kier alpha value is -2.59. The van der Waals surface area contributed by atoms with E-state index < -0.39 is 18.0 Å². The van der Waals surface area contributed by atoms with E-state index in [-0.39, 0.29) is 11.7 Å². The molecule has 198 valence electrons. The second-order valence-corrected chi connectivity index (χ2v) is 11.3. The predicted octanol–water partition coefficient (Wildman–Crippen LogP) is 6.73. The standard InChI is InChI=1S/C30H35F4N3/c31-27-7-3-6-26(16-27)29(21-35,24-4-1-2-5-24)25-12-14-36(15-13-25)18-23-19-37(20-23)28-10-8-22(9-11-28)17-30(32,33)34/h3,6-11,16,23-25H,1-2,4-5,12-15,17-20H2. The molecule has 1 saturated carbocycles. The molecule has 2 heterocycles. The van der Waals surface area contributed by atoms with Gasteiger partial charge in [0, 0.05) is 31.2 Å². The molecule has 1 atom stereocenters. The third-order valence-electron chi connectivity index (χ3n) is 8.90. The molecule has 0 N–H and O–H groups in total. The first-order chi connectivity index (χ1) is 17.8. The molecule has 2 saturated heterocycles. The molecule has 1 unspecified atom stereocenters. The van der Waals surface area contributed by atoms with Crippen molar-refractivity contribution in [1.29, 1.82) is 5.26 Å². The molecule has 3 aliphatic rings. The van der Waals surface area contributed by atoms with Crippen molar-refractivity contribution in [3.8, 4) is 6.07 Å². The number of hydrogen-bond acceptors (Lipinski definition) is 3. The van der Waals surface area contributed by atoms with E-state index in [1.807, 2.05) is 6.07 Å². The molecule has 37 heavy (non-hydrogen) atoms. The molecule has 0 amide bonds. The van der Waals surface area contributed by atoms with Crippen LogP contribution in [0.15, 0.2) is 48.5 Å². The molecule has 3 fully saturated rings. The van der Waals surface area contributed by atoms with Crippen LogP contribution in [0.3, 0.4) is 0 Å². The number of alkyl halides is 3. The van der Waals surface area contributed by atoms with Gasteiger partial charge in [-0.3, -0.25) is 0 Å². The van der Waals surface area contributed by atoms with E-state index in [1.54, 1.807) is 36.4 Å². The molecule has 1 aliphatic carbocycles. The molecule has 0 radical (unpaired) electrons. The second-order valence-electron chi connectivity index (χ2n) is 11.3. The quantitative estimate of drug-likeness (QED) is 0.385. The number of nitriles is 1. The summed E-state index contributed by atoms with van der Waals surface area (Å²) >= 11 is 0. The Labute approximate surface area is 217 Å². The highest BCUT2D eigenvalue weighted by Crippen LogP contribution is 2.50. The molecule has 0 aromatic heterocycles. The largest absolute Gasteiger partial charge is 0.393 e. The molecule has 0 spiro atoms. The normalized spacial score (nSPS) is 22.0. The number of benzene rings is 2. The Bertz CT molecular complexity index is 1090. The molecule has 3 nitrogen and oxygen atoms in total. The summed E-state index contributed by atoms with van der Waals surface area (Å²) < 4.78 is 52.0. The highest BCUT2D eigenvalue weighted by Gasteiger charge is 2.49. The Morgan fingerprint density at radius 2 is 1.54 bits per heavy atom. The van der Waals surface area contributed by atoms with Gasteiger partial charge < -0.3 is 9.80 Å².